The Labute approximate surface area is 89.9 Å². The molecular formula is C11H18N2O2. The Morgan fingerprint density at radius 1 is 1.60 bits per heavy atom. The van der Waals surface area contributed by atoms with Crippen LogP contribution in [0.4, 0.5) is 0 Å². The maximum atomic E-state index is 11.1. The van der Waals surface area contributed by atoms with Crippen molar-refractivity contribution in [3.63, 3.8) is 0 Å². The number of rotatable bonds is 5. The molecule has 0 aromatic carbocycles. The zero-order chi connectivity index (χ0) is 11.5. The number of hydrogen-bond donors (Lipinski definition) is 1. The average Bonchev–Trinajstić information content (AvgIpc) is 2.65. The Hall–Kier alpha value is -1.32. The number of hydrogen-bond acceptors (Lipinski definition) is 2. The van der Waals surface area contributed by atoms with Gasteiger partial charge in [0.2, 0.25) is 0 Å². The molecule has 1 aromatic heterocycles. The molecule has 1 atom stereocenters. The van der Waals surface area contributed by atoms with Crippen LogP contribution in [0.1, 0.15) is 32.8 Å². The maximum absolute atomic E-state index is 11.1. The van der Waals surface area contributed by atoms with Crippen LogP contribution in [0.3, 0.4) is 0 Å². The van der Waals surface area contributed by atoms with Gasteiger partial charge in [-0.3, -0.25) is 9.48 Å². The van der Waals surface area contributed by atoms with Crippen LogP contribution in [-0.4, -0.2) is 20.9 Å². The quantitative estimate of drug-likeness (QED) is 0.808. The van der Waals surface area contributed by atoms with Crippen molar-refractivity contribution in [1.29, 1.82) is 0 Å². The number of carboxylic acids is 1. The number of aliphatic carboxylic acids is 1. The van der Waals surface area contributed by atoms with Crippen LogP contribution in [0.25, 0.3) is 0 Å². The molecule has 15 heavy (non-hydrogen) atoms. The average molecular weight is 210 g/mol. The van der Waals surface area contributed by atoms with Gasteiger partial charge in [-0.05, 0) is 32.3 Å². The van der Waals surface area contributed by atoms with Gasteiger partial charge in [-0.2, -0.15) is 5.10 Å². The van der Waals surface area contributed by atoms with Crippen molar-refractivity contribution in [3.8, 4) is 0 Å². The van der Waals surface area contributed by atoms with Crippen LogP contribution < -0.4 is 0 Å². The highest BCUT2D eigenvalue weighted by molar-refractivity contribution is 5.74. The first-order valence-electron chi connectivity index (χ1n) is 5.26. The number of carboxylic acid groups (broad SMARTS) is 1. The molecule has 0 bridgehead atoms. The van der Waals surface area contributed by atoms with Gasteiger partial charge in [0.25, 0.3) is 0 Å². The largest absolute Gasteiger partial charge is 0.481 e. The number of aryl methyl sites for hydroxylation is 1. The molecule has 1 heterocycles. The summed E-state index contributed by atoms with van der Waals surface area (Å²) in [6.45, 7) is 6.50. The summed E-state index contributed by atoms with van der Waals surface area (Å²) in [5.74, 6) is -0.741. The van der Waals surface area contributed by atoms with Gasteiger partial charge >= 0.3 is 5.97 Å². The summed E-state index contributed by atoms with van der Waals surface area (Å²) in [6.07, 6.45) is 4.83. The Bertz CT molecular complexity index is 346. The van der Waals surface area contributed by atoms with Gasteiger partial charge in [-0.1, -0.05) is 6.92 Å². The highest BCUT2D eigenvalue weighted by atomic mass is 16.4. The summed E-state index contributed by atoms with van der Waals surface area (Å²) < 4.78 is 1.81. The normalized spacial score (nSPS) is 14.9. The lowest BCUT2D eigenvalue weighted by atomic mass is 9.82. The minimum atomic E-state index is -0.741. The van der Waals surface area contributed by atoms with Crippen molar-refractivity contribution in [2.75, 3.05) is 0 Å². The molecular weight excluding hydrogens is 192 g/mol. The van der Waals surface area contributed by atoms with Gasteiger partial charge in [-0.25, -0.2) is 0 Å². The molecule has 0 fully saturated rings. The van der Waals surface area contributed by atoms with Crippen molar-refractivity contribution >= 4 is 5.97 Å². The van der Waals surface area contributed by atoms with Crippen LogP contribution in [0.15, 0.2) is 12.4 Å². The minimum absolute atomic E-state index is 0.541. The molecule has 1 aromatic rings. The van der Waals surface area contributed by atoms with E-state index in [0.29, 0.717) is 12.8 Å². The van der Waals surface area contributed by atoms with E-state index >= 15 is 0 Å². The van der Waals surface area contributed by atoms with Crippen LogP contribution in [0, 0.1) is 5.41 Å². The standard InChI is InChI=1S/C11H18N2O2/c1-4-11(3,10(14)15)6-9-7-12-13(5-2)8-9/h7-8H,4-6H2,1-3H3,(H,14,15). The van der Waals surface area contributed by atoms with Crippen LogP contribution >= 0.6 is 0 Å². The van der Waals surface area contributed by atoms with Gasteiger partial charge in [-0.15, -0.1) is 0 Å². The van der Waals surface area contributed by atoms with Gasteiger partial charge in [0, 0.05) is 12.7 Å². The Kier molecular flexibility index (Phi) is 3.50. The fraction of sp³-hybridized carbons (Fsp3) is 0.636. The second kappa shape index (κ2) is 4.47. The number of carbonyl (C=O) groups is 1. The zero-order valence-electron chi connectivity index (χ0n) is 9.53. The van der Waals surface area contributed by atoms with E-state index in [0.717, 1.165) is 12.1 Å². The van der Waals surface area contributed by atoms with E-state index in [1.807, 2.05) is 24.7 Å². The Morgan fingerprint density at radius 3 is 2.67 bits per heavy atom. The predicted molar refractivity (Wildman–Crippen MR) is 57.6 cm³/mol. The lowest BCUT2D eigenvalue weighted by Crippen LogP contribution is -2.29. The highest BCUT2D eigenvalue weighted by Gasteiger charge is 2.31. The second-order valence-corrected chi connectivity index (χ2v) is 4.10. The molecule has 4 nitrogen and oxygen atoms in total. The molecule has 0 spiro atoms. The molecule has 1 rings (SSSR count). The fourth-order valence-corrected chi connectivity index (χ4v) is 1.47. The molecule has 84 valence electrons. The van der Waals surface area contributed by atoms with Crippen molar-refractivity contribution in [1.82, 2.24) is 9.78 Å². The molecule has 0 saturated carbocycles. The van der Waals surface area contributed by atoms with E-state index in [1.54, 1.807) is 13.1 Å². The lowest BCUT2D eigenvalue weighted by Gasteiger charge is -2.21. The third-order valence-corrected chi connectivity index (χ3v) is 2.90. The molecule has 0 aliphatic rings. The molecule has 0 aliphatic heterocycles. The molecule has 1 N–H and O–H groups in total. The highest BCUT2D eigenvalue weighted by Crippen LogP contribution is 2.26. The smallest absolute Gasteiger partial charge is 0.309 e. The molecule has 4 heteroatoms. The minimum Gasteiger partial charge on any atom is -0.481 e. The molecule has 0 saturated heterocycles. The summed E-state index contributed by atoms with van der Waals surface area (Å²) >= 11 is 0. The summed E-state index contributed by atoms with van der Waals surface area (Å²) in [4.78, 5) is 11.1. The number of aromatic nitrogens is 2. The van der Waals surface area contributed by atoms with Crippen molar-refractivity contribution in [2.45, 2.75) is 40.2 Å². The molecule has 1 unspecified atom stereocenters. The topological polar surface area (TPSA) is 55.1 Å². The molecule has 0 aliphatic carbocycles. The summed E-state index contributed by atoms with van der Waals surface area (Å²) in [5, 5.41) is 13.3. The van der Waals surface area contributed by atoms with Crippen molar-refractivity contribution < 1.29 is 9.90 Å². The van der Waals surface area contributed by atoms with E-state index in [-0.39, 0.29) is 0 Å². The fourth-order valence-electron chi connectivity index (χ4n) is 1.47. The summed E-state index contributed by atoms with van der Waals surface area (Å²) in [6, 6.07) is 0. The predicted octanol–water partition coefficient (Wildman–Crippen LogP) is 1.95. The monoisotopic (exact) mass is 210 g/mol. The zero-order valence-corrected chi connectivity index (χ0v) is 9.53. The van der Waals surface area contributed by atoms with E-state index in [2.05, 4.69) is 5.10 Å². The summed E-state index contributed by atoms with van der Waals surface area (Å²) in [7, 11) is 0. The van der Waals surface area contributed by atoms with Gasteiger partial charge in [0.1, 0.15) is 0 Å². The van der Waals surface area contributed by atoms with Gasteiger partial charge in [0.05, 0.1) is 11.6 Å². The third-order valence-electron chi connectivity index (χ3n) is 2.90. The maximum Gasteiger partial charge on any atom is 0.309 e. The van der Waals surface area contributed by atoms with Gasteiger partial charge < -0.3 is 5.11 Å². The van der Waals surface area contributed by atoms with Crippen molar-refractivity contribution in [2.24, 2.45) is 5.41 Å². The Balaban J connectivity index is 2.79. The first kappa shape index (κ1) is 11.8. The number of nitrogens with zero attached hydrogens (tertiary/aromatic N) is 2. The van der Waals surface area contributed by atoms with Crippen molar-refractivity contribution in [3.05, 3.63) is 18.0 Å². The van der Waals surface area contributed by atoms with Crippen LogP contribution in [0.2, 0.25) is 0 Å². The third kappa shape index (κ3) is 2.58. The summed E-state index contributed by atoms with van der Waals surface area (Å²) in [5.41, 5.74) is 0.310. The van der Waals surface area contributed by atoms with E-state index in [9.17, 15) is 4.79 Å². The van der Waals surface area contributed by atoms with Gasteiger partial charge in [0.15, 0.2) is 0 Å². The molecule has 0 amide bonds. The second-order valence-electron chi connectivity index (χ2n) is 4.10. The van der Waals surface area contributed by atoms with E-state index < -0.39 is 11.4 Å². The Morgan fingerprint density at radius 2 is 2.27 bits per heavy atom. The van der Waals surface area contributed by atoms with Crippen LogP contribution in [-0.2, 0) is 17.8 Å². The first-order valence-corrected chi connectivity index (χ1v) is 5.26. The van der Waals surface area contributed by atoms with Crippen LogP contribution in [0.5, 0.6) is 0 Å². The lowest BCUT2D eigenvalue weighted by molar-refractivity contribution is -0.148. The van der Waals surface area contributed by atoms with E-state index in [1.165, 1.54) is 0 Å². The molecule has 0 radical (unpaired) electrons. The first-order chi connectivity index (χ1) is 7.01. The SMILES string of the molecule is CCn1cc(CC(C)(CC)C(=O)O)cn1. The van der Waals surface area contributed by atoms with E-state index in [4.69, 9.17) is 5.11 Å².